The Morgan fingerprint density at radius 3 is 2.67 bits per heavy atom. The number of benzene rings is 1. The lowest BCUT2D eigenvalue weighted by molar-refractivity contribution is 0.101. The third-order valence-corrected chi connectivity index (χ3v) is 5.88. The summed E-state index contributed by atoms with van der Waals surface area (Å²) in [5.41, 5.74) is 0.644. The monoisotopic (exact) mass is 414 g/mol. The van der Waals surface area contributed by atoms with E-state index in [0.29, 0.717) is 23.5 Å². The Labute approximate surface area is 173 Å². The number of halogens is 2. The third-order valence-electron chi connectivity index (χ3n) is 5.88. The fourth-order valence-electron chi connectivity index (χ4n) is 4.11. The van der Waals surface area contributed by atoms with Gasteiger partial charge >= 0.3 is 0 Å². The lowest BCUT2D eigenvalue weighted by Gasteiger charge is -2.27. The number of carbonyl (C=O) groups excluding carboxylic acids is 1. The molecule has 8 heteroatoms. The molecule has 0 atom stereocenters. The summed E-state index contributed by atoms with van der Waals surface area (Å²) in [4.78, 5) is 16.0. The summed E-state index contributed by atoms with van der Waals surface area (Å²) < 4.78 is 34.3. The van der Waals surface area contributed by atoms with E-state index in [4.69, 9.17) is 9.84 Å². The molecule has 30 heavy (non-hydrogen) atoms. The molecular formula is C22H24F2N4O2. The number of hydrogen-bond donors (Lipinski definition) is 1. The van der Waals surface area contributed by atoms with Crippen molar-refractivity contribution in [1.29, 1.82) is 0 Å². The SMILES string of the molecule is CCC1CCC(n2cc3cc(NC(=O)c4ncc(F)cc4F)c(OC)cc3n2)CC1. The molecule has 1 aliphatic rings. The maximum absolute atomic E-state index is 13.9. The number of rotatable bonds is 5. The van der Waals surface area contributed by atoms with E-state index < -0.39 is 23.2 Å². The summed E-state index contributed by atoms with van der Waals surface area (Å²) in [7, 11) is 1.48. The molecule has 2 heterocycles. The van der Waals surface area contributed by atoms with E-state index in [-0.39, 0.29) is 0 Å². The fraction of sp³-hybridized carbons (Fsp3) is 0.409. The summed E-state index contributed by atoms with van der Waals surface area (Å²) in [6, 6.07) is 4.48. The predicted octanol–water partition coefficient (Wildman–Crippen LogP) is 5.11. The smallest absolute Gasteiger partial charge is 0.277 e. The van der Waals surface area contributed by atoms with Crippen LogP contribution < -0.4 is 10.1 Å². The van der Waals surface area contributed by atoms with Crippen LogP contribution in [-0.2, 0) is 0 Å². The van der Waals surface area contributed by atoms with Crippen LogP contribution in [0.1, 0.15) is 55.6 Å². The molecule has 1 saturated carbocycles. The quantitative estimate of drug-likeness (QED) is 0.630. The van der Waals surface area contributed by atoms with Crippen molar-refractivity contribution in [3.8, 4) is 5.75 Å². The van der Waals surface area contributed by atoms with Gasteiger partial charge in [-0.3, -0.25) is 9.48 Å². The first kappa shape index (κ1) is 20.3. The third kappa shape index (κ3) is 3.99. The first-order valence-corrected chi connectivity index (χ1v) is 10.2. The van der Waals surface area contributed by atoms with Crippen LogP contribution in [0.3, 0.4) is 0 Å². The lowest BCUT2D eigenvalue weighted by Crippen LogP contribution is -2.18. The Balaban J connectivity index is 1.59. The zero-order valence-electron chi connectivity index (χ0n) is 17.0. The number of amides is 1. The number of nitrogens with zero attached hydrogens (tertiary/aromatic N) is 3. The highest BCUT2D eigenvalue weighted by molar-refractivity contribution is 6.05. The van der Waals surface area contributed by atoms with Gasteiger partial charge in [0.1, 0.15) is 11.6 Å². The maximum atomic E-state index is 13.9. The zero-order chi connectivity index (χ0) is 21.3. The highest BCUT2D eigenvalue weighted by Gasteiger charge is 2.23. The van der Waals surface area contributed by atoms with E-state index in [0.717, 1.165) is 35.9 Å². The molecule has 1 N–H and O–H groups in total. The number of ether oxygens (including phenoxy) is 1. The van der Waals surface area contributed by atoms with Crippen molar-refractivity contribution in [3.05, 3.63) is 47.9 Å². The second kappa shape index (κ2) is 8.38. The number of hydrogen-bond acceptors (Lipinski definition) is 4. The summed E-state index contributed by atoms with van der Waals surface area (Å²) in [5.74, 6) is -1.45. The van der Waals surface area contributed by atoms with Crippen molar-refractivity contribution in [2.24, 2.45) is 5.92 Å². The average Bonchev–Trinajstić information content (AvgIpc) is 3.16. The molecule has 0 spiro atoms. The Hall–Kier alpha value is -3.03. The molecule has 0 unspecified atom stereocenters. The predicted molar refractivity (Wildman–Crippen MR) is 110 cm³/mol. The van der Waals surface area contributed by atoms with E-state index in [1.807, 2.05) is 10.9 Å². The van der Waals surface area contributed by atoms with E-state index in [2.05, 4.69) is 17.2 Å². The molecule has 1 amide bonds. The lowest BCUT2D eigenvalue weighted by atomic mass is 9.85. The minimum Gasteiger partial charge on any atom is -0.494 e. The highest BCUT2D eigenvalue weighted by atomic mass is 19.1. The van der Waals surface area contributed by atoms with Gasteiger partial charge in [0.05, 0.1) is 30.6 Å². The van der Waals surface area contributed by atoms with Crippen molar-refractivity contribution in [2.75, 3.05) is 12.4 Å². The number of fused-ring (bicyclic) bond motifs is 1. The second-order valence-corrected chi connectivity index (χ2v) is 7.74. The van der Waals surface area contributed by atoms with Crippen molar-refractivity contribution in [3.63, 3.8) is 0 Å². The zero-order valence-corrected chi connectivity index (χ0v) is 17.0. The van der Waals surface area contributed by atoms with Crippen LogP contribution in [-0.4, -0.2) is 27.8 Å². The standard InChI is InChI=1S/C22H24F2N4O2/c1-3-13-4-6-16(7-5-13)28-12-14-8-19(20(30-2)10-18(14)27-28)26-22(29)21-17(24)9-15(23)11-25-21/h8-13,16H,3-7H2,1-2H3,(H,26,29). The Morgan fingerprint density at radius 2 is 2.00 bits per heavy atom. The first-order valence-electron chi connectivity index (χ1n) is 10.2. The topological polar surface area (TPSA) is 69.0 Å². The van der Waals surface area contributed by atoms with Crippen LogP contribution in [0.15, 0.2) is 30.6 Å². The molecule has 0 saturated heterocycles. The molecule has 1 fully saturated rings. The Morgan fingerprint density at radius 1 is 1.23 bits per heavy atom. The number of methoxy groups -OCH3 is 1. The molecule has 158 valence electrons. The van der Waals surface area contributed by atoms with Gasteiger partial charge in [-0.05, 0) is 37.7 Å². The summed E-state index contributed by atoms with van der Waals surface area (Å²) in [6.45, 7) is 2.24. The normalized spacial score (nSPS) is 19.1. The second-order valence-electron chi connectivity index (χ2n) is 7.74. The molecule has 4 rings (SSSR count). The van der Waals surface area contributed by atoms with Gasteiger partial charge in [0.25, 0.3) is 5.91 Å². The summed E-state index contributed by atoms with van der Waals surface area (Å²) in [5, 5.41) is 8.16. The maximum Gasteiger partial charge on any atom is 0.277 e. The van der Waals surface area contributed by atoms with Crippen LogP contribution >= 0.6 is 0 Å². The number of pyridine rings is 1. The van der Waals surface area contributed by atoms with Crippen molar-refractivity contribution >= 4 is 22.5 Å². The van der Waals surface area contributed by atoms with Crippen molar-refractivity contribution in [2.45, 2.75) is 45.1 Å². The molecule has 0 radical (unpaired) electrons. The van der Waals surface area contributed by atoms with Gasteiger partial charge in [-0.25, -0.2) is 13.8 Å². The van der Waals surface area contributed by atoms with Gasteiger partial charge in [0.2, 0.25) is 0 Å². The number of nitrogens with one attached hydrogen (secondary N) is 1. The summed E-state index contributed by atoms with van der Waals surface area (Å²) >= 11 is 0. The van der Waals surface area contributed by atoms with Crippen LogP contribution in [0, 0.1) is 17.6 Å². The van der Waals surface area contributed by atoms with Gasteiger partial charge in [-0.15, -0.1) is 0 Å². The molecule has 0 aliphatic heterocycles. The number of anilines is 1. The van der Waals surface area contributed by atoms with Gasteiger partial charge in [0.15, 0.2) is 11.5 Å². The van der Waals surface area contributed by atoms with Crippen molar-refractivity contribution < 1.29 is 18.3 Å². The van der Waals surface area contributed by atoms with E-state index in [1.165, 1.54) is 26.4 Å². The minimum absolute atomic E-state index is 0.363. The highest BCUT2D eigenvalue weighted by Crippen LogP contribution is 2.35. The van der Waals surface area contributed by atoms with Gasteiger partial charge in [-0.1, -0.05) is 13.3 Å². The van der Waals surface area contributed by atoms with E-state index >= 15 is 0 Å². The van der Waals surface area contributed by atoms with Crippen LogP contribution in [0.2, 0.25) is 0 Å². The van der Waals surface area contributed by atoms with Gasteiger partial charge < -0.3 is 10.1 Å². The molecule has 1 aliphatic carbocycles. The molecule has 2 aromatic heterocycles. The van der Waals surface area contributed by atoms with Gasteiger partial charge in [-0.2, -0.15) is 5.10 Å². The van der Waals surface area contributed by atoms with E-state index in [9.17, 15) is 13.6 Å². The molecule has 1 aromatic carbocycles. The molecule has 0 bridgehead atoms. The minimum atomic E-state index is -1.02. The fourth-order valence-corrected chi connectivity index (χ4v) is 4.11. The number of aromatic nitrogens is 3. The van der Waals surface area contributed by atoms with Crippen molar-refractivity contribution in [1.82, 2.24) is 14.8 Å². The van der Waals surface area contributed by atoms with Crippen LogP contribution in [0.25, 0.3) is 10.9 Å². The first-order chi connectivity index (χ1) is 14.5. The van der Waals surface area contributed by atoms with Crippen LogP contribution in [0.5, 0.6) is 5.75 Å². The Kier molecular flexibility index (Phi) is 5.65. The average molecular weight is 414 g/mol. The van der Waals surface area contributed by atoms with Crippen LogP contribution in [0.4, 0.5) is 14.5 Å². The van der Waals surface area contributed by atoms with E-state index in [1.54, 1.807) is 12.1 Å². The molecular weight excluding hydrogens is 390 g/mol. The van der Waals surface area contributed by atoms with Gasteiger partial charge in [0, 0.05) is 23.7 Å². The summed E-state index contributed by atoms with van der Waals surface area (Å²) in [6.07, 6.45) is 8.60. The number of carbonyl (C=O) groups is 1. The Bertz CT molecular complexity index is 1070. The molecule has 3 aromatic rings. The largest absolute Gasteiger partial charge is 0.494 e. The molecule has 6 nitrogen and oxygen atoms in total.